The number of esters is 3. The molecule has 3 saturated heterocycles. The molecule has 3 fully saturated rings. The van der Waals surface area contributed by atoms with Gasteiger partial charge in [0.05, 0.1) is 64.5 Å². The lowest BCUT2D eigenvalue weighted by Gasteiger charge is -2.50. The van der Waals surface area contributed by atoms with Crippen molar-refractivity contribution >= 4 is 41.2 Å². The average molecular weight is 1200 g/mol. The third kappa shape index (κ3) is 14.3. The highest BCUT2D eigenvalue weighted by Gasteiger charge is 2.58. The molecule has 8 rings (SSSR count). The number of fused-ring (bicyclic) bond motifs is 1. The quantitative estimate of drug-likeness (QED) is 0.0468. The van der Waals surface area contributed by atoms with E-state index in [-0.39, 0.29) is 49.3 Å². The van der Waals surface area contributed by atoms with Gasteiger partial charge in [0.25, 0.3) is 0 Å². The van der Waals surface area contributed by atoms with Crippen LogP contribution in [0.4, 0.5) is 10.5 Å². The van der Waals surface area contributed by atoms with Gasteiger partial charge in [0.1, 0.15) is 11.7 Å². The van der Waals surface area contributed by atoms with Crippen molar-refractivity contribution in [1.29, 1.82) is 0 Å². The van der Waals surface area contributed by atoms with Crippen LogP contribution in [-0.4, -0.2) is 164 Å². The number of hydrogen-bond donors (Lipinski definition) is 3. The van der Waals surface area contributed by atoms with Gasteiger partial charge < -0.3 is 63.4 Å². The molecule has 1 amide bonds. The molecule has 0 radical (unpaired) electrons. The first-order valence-electron chi connectivity index (χ1n) is 30.1. The van der Waals surface area contributed by atoms with Crippen LogP contribution in [0.1, 0.15) is 134 Å². The number of benzene rings is 3. The lowest BCUT2D eigenvalue weighted by atomic mass is 9.75. The van der Waals surface area contributed by atoms with Crippen molar-refractivity contribution in [2.75, 3.05) is 47.1 Å². The summed E-state index contributed by atoms with van der Waals surface area (Å²) in [5.41, 5.74) is 11.9. The van der Waals surface area contributed by atoms with Gasteiger partial charge in [-0.1, -0.05) is 69.3 Å². The maximum Gasteiger partial charge on any atom is 0.415 e. The number of hydrazine groups is 2. The molecule has 21 heteroatoms. The fourth-order valence-corrected chi connectivity index (χ4v) is 13.1. The van der Waals surface area contributed by atoms with E-state index in [1.54, 1.807) is 76.2 Å². The maximum absolute atomic E-state index is 15.4. The first-order chi connectivity index (χ1) is 40.8. The van der Waals surface area contributed by atoms with Gasteiger partial charge in [-0.3, -0.25) is 19.5 Å². The minimum absolute atomic E-state index is 0.0384. The van der Waals surface area contributed by atoms with Crippen molar-refractivity contribution in [3.63, 3.8) is 0 Å². The number of cyclic esters (lactones) is 1. The molecule has 0 aliphatic carbocycles. The summed E-state index contributed by atoms with van der Waals surface area (Å²) in [7, 11) is 6.86. The van der Waals surface area contributed by atoms with Crippen molar-refractivity contribution in [3.05, 3.63) is 119 Å². The molecule has 86 heavy (non-hydrogen) atoms. The Morgan fingerprint density at radius 3 is 2.02 bits per heavy atom. The molecule has 5 aliphatic heterocycles. The van der Waals surface area contributed by atoms with Crippen LogP contribution in [0.3, 0.4) is 0 Å². The number of ketones is 1. The van der Waals surface area contributed by atoms with Crippen LogP contribution in [0.25, 0.3) is 5.70 Å². The fourth-order valence-electron chi connectivity index (χ4n) is 13.1. The van der Waals surface area contributed by atoms with E-state index in [4.69, 9.17) is 53.1 Å². The lowest BCUT2D eigenvalue weighted by Crippen LogP contribution is -2.61. The number of hydrogen-bond acceptors (Lipinski definition) is 20. The average Bonchev–Trinajstić information content (AvgIpc) is 2.01. The van der Waals surface area contributed by atoms with E-state index in [1.165, 1.54) is 19.1 Å². The van der Waals surface area contributed by atoms with Gasteiger partial charge in [-0.2, -0.15) is 0 Å². The summed E-state index contributed by atoms with van der Waals surface area (Å²) in [5, 5.41) is 1.91. The molecule has 0 bridgehead atoms. The largest absolute Gasteiger partial charge is 0.457 e. The number of nitrogens with one attached hydrogen (secondary N) is 2. The highest BCUT2D eigenvalue weighted by atomic mass is 16.7. The predicted molar refractivity (Wildman–Crippen MR) is 320 cm³/mol. The Morgan fingerprint density at radius 1 is 0.779 bits per heavy atom. The second-order valence-electron chi connectivity index (χ2n) is 24.5. The summed E-state index contributed by atoms with van der Waals surface area (Å²) in [6.07, 6.45) is -5.55. The summed E-state index contributed by atoms with van der Waals surface area (Å²) < 4.78 is 66.3. The number of likely N-dealkylation sites (N-methyl/N-ethyl adjacent to an activating group) is 1. The Labute approximate surface area is 506 Å². The van der Waals surface area contributed by atoms with Gasteiger partial charge in [-0.05, 0) is 131 Å². The number of allylic oxidation sites excluding steroid dienone is 1. The van der Waals surface area contributed by atoms with Crippen LogP contribution in [-0.2, 0) is 57.0 Å². The van der Waals surface area contributed by atoms with Crippen molar-refractivity contribution in [2.24, 2.45) is 17.8 Å². The molecule has 3 aromatic rings. The summed E-state index contributed by atoms with van der Waals surface area (Å²) >= 11 is 0. The zero-order chi connectivity index (χ0) is 62.4. The second kappa shape index (κ2) is 27.7. The summed E-state index contributed by atoms with van der Waals surface area (Å²) in [5.74, 6) is -4.90. The number of unbranched alkanes of at least 4 members (excludes halogenated alkanes) is 1. The van der Waals surface area contributed by atoms with E-state index in [9.17, 15) is 14.4 Å². The topological polar surface area (TPSA) is 237 Å². The first-order valence-corrected chi connectivity index (χ1v) is 30.1. The normalized spacial score (nSPS) is 34.6. The van der Waals surface area contributed by atoms with Crippen molar-refractivity contribution in [2.45, 2.75) is 186 Å². The zero-order valence-corrected chi connectivity index (χ0v) is 52.4. The number of nitrogen functional groups attached to an aromatic ring is 1. The second-order valence-corrected chi connectivity index (χ2v) is 24.5. The van der Waals surface area contributed by atoms with Gasteiger partial charge in [-0.25, -0.2) is 14.4 Å². The van der Waals surface area contributed by atoms with Crippen LogP contribution in [0.5, 0.6) is 0 Å². The molecule has 5 aliphatic rings. The Hall–Kier alpha value is -6.43. The number of nitrogens with zero attached hydrogens (tertiary/aromatic N) is 3. The van der Waals surface area contributed by atoms with Crippen LogP contribution in [0.2, 0.25) is 0 Å². The molecule has 16 atom stereocenters. The lowest BCUT2D eigenvalue weighted by molar-refractivity contribution is -0.318. The third-order valence-corrected chi connectivity index (χ3v) is 17.9. The van der Waals surface area contributed by atoms with Crippen LogP contribution in [0.15, 0.2) is 102 Å². The molecule has 21 nitrogen and oxygen atoms in total. The van der Waals surface area contributed by atoms with Gasteiger partial charge in [0, 0.05) is 68.6 Å². The van der Waals surface area contributed by atoms with Gasteiger partial charge >= 0.3 is 24.0 Å². The van der Waals surface area contributed by atoms with Crippen LogP contribution < -0.4 is 16.7 Å². The standard InChI is InChI=1S/C65H90N6O15/c1-15-50-65(10)55(71(62(76)86-65)32-23-22-31-70-37-48(67-68-70)46-29-24-30-47(66)34-46)40(4)52(72)38(2)35-63(8,77-13)56(85-61-54(49(69(11)12)33-39(3)79-61)83-59(74)44-25-18-16-19-26-44)41(5)53(42(6)58(73)81-50)82-51-36-64(9,78-14)57(43(7)80-51)84-60(75)45-27-20-17-21-28-45/h16-21,24-30,34,37-39,41-43,49-51,53-54,56-57,61,67-68H,15,22-23,31-33,35-36,66H2,1-14H3/b55-40-/t38-,39-,41+,42-,43+,49+,50-,51?,53+,54-,56-,57+,61?,63+,64-,65-/m1/s1. The predicted octanol–water partition coefficient (Wildman–Crippen LogP) is 8.59. The number of methoxy groups -OCH3 is 2. The fraction of sp³-hybridized carbons (Fsp3) is 0.585. The van der Waals surface area contributed by atoms with E-state index in [0.717, 1.165) is 11.3 Å². The number of carbonyl (C=O) groups excluding carboxylic acids is 5. The van der Waals surface area contributed by atoms with Gasteiger partial charge in [-0.15, -0.1) is 5.53 Å². The molecular weight excluding hydrogens is 1100 g/mol. The van der Waals surface area contributed by atoms with Crippen molar-refractivity contribution in [3.8, 4) is 0 Å². The molecular formula is C65H90N6O15. The van der Waals surface area contributed by atoms with Gasteiger partial charge in [0.15, 0.2) is 36.2 Å². The first kappa shape index (κ1) is 65.5. The Bertz CT molecular complexity index is 2930. The Morgan fingerprint density at radius 2 is 1.41 bits per heavy atom. The molecule has 3 aromatic carbocycles. The number of carbonyl (C=O) groups is 5. The van der Waals surface area contributed by atoms with E-state index in [0.29, 0.717) is 48.3 Å². The number of amides is 1. The summed E-state index contributed by atoms with van der Waals surface area (Å²) in [4.78, 5) is 76.4. The molecule has 470 valence electrons. The SMILES string of the molecule is CC[C@H]1OC(=O)[C@H](C)[C@@H](OC2C[C@@](C)(OC)[C@@H](OC(=O)c3ccccc3)[C@H](C)O2)[C@H](C)[C@@H](OC2O[C@H](C)C[C@H](N(C)C)[C@H]2OC(=O)c2ccccc2)[C@@](C)(OC)C[C@@H](C)C(=O)/C(C)=C2\N(CCCCN3C=C(c4cccc(N)c4)NN3)C(=O)O[C@@]21C. The number of nitrogens with two attached hydrogens (primary N) is 1. The van der Waals surface area contributed by atoms with E-state index < -0.39 is 108 Å². The molecule has 2 unspecified atom stereocenters. The Kier molecular flexibility index (Phi) is 21.1. The highest BCUT2D eigenvalue weighted by Crippen LogP contribution is 2.46. The molecule has 0 aromatic heterocycles. The molecule has 0 spiro atoms. The number of Topliss-reactive ketones (excluding diaryl/α,β-unsaturated/α-hetero) is 1. The van der Waals surface area contributed by atoms with Gasteiger partial charge in [0.2, 0.25) is 0 Å². The van der Waals surface area contributed by atoms with Crippen molar-refractivity contribution in [1.82, 2.24) is 25.8 Å². The van der Waals surface area contributed by atoms with Crippen molar-refractivity contribution < 1.29 is 71.3 Å². The minimum Gasteiger partial charge on any atom is -0.457 e. The highest BCUT2D eigenvalue weighted by molar-refractivity contribution is 5.98. The zero-order valence-electron chi connectivity index (χ0n) is 52.4. The number of anilines is 1. The molecule has 5 heterocycles. The maximum atomic E-state index is 15.4. The summed E-state index contributed by atoms with van der Waals surface area (Å²) in [6.45, 7) is 18.7. The van der Waals surface area contributed by atoms with Crippen LogP contribution in [0, 0.1) is 17.8 Å². The Balaban J connectivity index is 1.17. The van der Waals surface area contributed by atoms with E-state index in [1.807, 2.05) is 108 Å². The monoisotopic (exact) mass is 1190 g/mol. The number of rotatable bonds is 18. The molecule has 0 saturated carbocycles. The minimum atomic E-state index is -1.61. The smallest absolute Gasteiger partial charge is 0.415 e. The summed E-state index contributed by atoms with van der Waals surface area (Å²) in [6, 6.07) is 24.5. The van der Waals surface area contributed by atoms with E-state index >= 15 is 9.59 Å². The molecule has 4 N–H and O–H groups in total. The third-order valence-electron chi connectivity index (χ3n) is 17.9. The van der Waals surface area contributed by atoms with E-state index in [2.05, 4.69) is 11.0 Å². The van der Waals surface area contributed by atoms with Crippen LogP contribution >= 0.6 is 0 Å². The number of ether oxygens (including phenoxy) is 10.